The number of rotatable bonds is 9. The Hall–Kier alpha value is -2.71. The number of nitrogens with zero attached hydrogens (tertiary/aromatic N) is 3. The van der Waals surface area contributed by atoms with Crippen LogP contribution in [0.5, 0.6) is 0 Å². The van der Waals surface area contributed by atoms with Gasteiger partial charge >= 0.3 is 0 Å². The first kappa shape index (κ1) is 20.6. The Morgan fingerprint density at radius 1 is 1.20 bits per heavy atom. The Kier molecular flexibility index (Phi) is 6.44. The summed E-state index contributed by atoms with van der Waals surface area (Å²) in [6.45, 7) is 6.04. The second-order valence-corrected chi connectivity index (χ2v) is 7.67. The van der Waals surface area contributed by atoms with Gasteiger partial charge in [-0.25, -0.2) is 9.97 Å². The van der Waals surface area contributed by atoms with Crippen LogP contribution in [0.15, 0.2) is 28.7 Å². The molecule has 2 atom stereocenters. The number of aliphatic hydroxyl groups excluding tert-OH is 1. The predicted octanol–water partition coefficient (Wildman–Crippen LogP) is 3.61. The van der Waals surface area contributed by atoms with Crippen molar-refractivity contribution in [2.45, 2.75) is 39.2 Å². The molecule has 3 aromatic rings. The van der Waals surface area contributed by atoms with Gasteiger partial charge in [0, 0.05) is 25.8 Å². The zero-order valence-electron chi connectivity index (χ0n) is 17.5. The van der Waals surface area contributed by atoms with Crippen molar-refractivity contribution in [3.63, 3.8) is 0 Å². The fourth-order valence-electron chi connectivity index (χ4n) is 3.94. The maximum Gasteiger partial charge on any atom is 0.232 e. The number of para-hydroxylation sites is 2. The largest absolute Gasteiger partial charge is 0.436 e. The second kappa shape index (κ2) is 9.40. The zero-order chi connectivity index (χ0) is 20.9. The molecule has 1 aliphatic carbocycles. The van der Waals surface area contributed by atoms with Crippen molar-refractivity contribution in [3.8, 4) is 11.5 Å². The quantitative estimate of drug-likeness (QED) is 0.459. The molecule has 8 nitrogen and oxygen atoms in total. The van der Waals surface area contributed by atoms with Crippen molar-refractivity contribution >= 4 is 22.9 Å². The lowest BCUT2D eigenvalue weighted by molar-refractivity contribution is 0.158. The molecule has 30 heavy (non-hydrogen) atoms. The van der Waals surface area contributed by atoms with Gasteiger partial charge in [0.05, 0.1) is 12.3 Å². The Morgan fingerprint density at radius 2 is 2.07 bits per heavy atom. The van der Waals surface area contributed by atoms with E-state index in [0.717, 1.165) is 41.6 Å². The van der Waals surface area contributed by atoms with E-state index >= 15 is 0 Å². The van der Waals surface area contributed by atoms with Crippen molar-refractivity contribution in [3.05, 3.63) is 30.0 Å². The molecule has 1 aromatic carbocycles. The number of hydrogen-bond acceptors (Lipinski definition) is 8. The summed E-state index contributed by atoms with van der Waals surface area (Å²) in [5.74, 6) is 2.10. The molecule has 160 valence electrons. The Bertz CT molecular complexity index is 957. The maximum absolute atomic E-state index is 9.49. The minimum atomic E-state index is 0.225. The van der Waals surface area contributed by atoms with Gasteiger partial charge in [-0.15, -0.1) is 0 Å². The fourth-order valence-corrected chi connectivity index (χ4v) is 3.94. The minimum absolute atomic E-state index is 0.225. The Labute approximate surface area is 176 Å². The van der Waals surface area contributed by atoms with Gasteiger partial charge in [0.1, 0.15) is 16.9 Å². The third-order valence-corrected chi connectivity index (χ3v) is 5.47. The molecular weight excluding hydrogens is 382 g/mol. The third-order valence-electron chi connectivity index (χ3n) is 5.47. The van der Waals surface area contributed by atoms with Gasteiger partial charge in [0.15, 0.2) is 5.58 Å². The standard InChI is InChI=1S/C22H29N5O3/c1-3-29-11-10-23-22-24-14(2)19(21-26-17-6-4-5-7-18(17)30-21)20(27-22)25-16-9-8-15(12-16)13-28/h4-7,15-16,28H,3,8-13H2,1-2H3,(H2,23,24,25,27)/t15-,16+/m1/s1. The molecule has 0 radical (unpaired) electrons. The lowest BCUT2D eigenvalue weighted by Gasteiger charge is -2.18. The van der Waals surface area contributed by atoms with Gasteiger partial charge in [-0.2, -0.15) is 4.98 Å². The number of aryl methyl sites for hydroxylation is 1. The molecule has 0 spiro atoms. The summed E-state index contributed by atoms with van der Waals surface area (Å²) >= 11 is 0. The molecule has 0 amide bonds. The predicted molar refractivity (Wildman–Crippen MR) is 117 cm³/mol. The minimum Gasteiger partial charge on any atom is -0.436 e. The van der Waals surface area contributed by atoms with Crippen LogP contribution in [-0.4, -0.2) is 52.5 Å². The first-order chi connectivity index (χ1) is 14.7. The van der Waals surface area contributed by atoms with Crippen molar-refractivity contribution in [1.29, 1.82) is 0 Å². The number of aromatic nitrogens is 3. The fraction of sp³-hybridized carbons (Fsp3) is 0.500. The molecule has 2 heterocycles. The van der Waals surface area contributed by atoms with E-state index in [2.05, 4.69) is 20.6 Å². The summed E-state index contributed by atoms with van der Waals surface area (Å²) in [7, 11) is 0. The molecule has 2 aromatic heterocycles. The molecule has 0 saturated heterocycles. The van der Waals surface area contributed by atoms with Crippen LogP contribution in [0.2, 0.25) is 0 Å². The topological polar surface area (TPSA) is 105 Å². The van der Waals surface area contributed by atoms with E-state index in [0.29, 0.717) is 43.3 Å². The van der Waals surface area contributed by atoms with Crippen LogP contribution in [0, 0.1) is 12.8 Å². The van der Waals surface area contributed by atoms with Crippen LogP contribution in [0.4, 0.5) is 11.8 Å². The van der Waals surface area contributed by atoms with E-state index in [9.17, 15) is 5.11 Å². The van der Waals surface area contributed by atoms with Crippen LogP contribution >= 0.6 is 0 Å². The zero-order valence-corrected chi connectivity index (χ0v) is 17.5. The van der Waals surface area contributed by atoms with Gasteiger partial charge in [0.2, 0.25) is 11.8 Å². The number of fused-ring (bicyclic) bond motifs is 1. The van der Waals surface area contributed by atoms with E-state index in [1.165, 1.54) is 0 Å². The maximum atomic E-state index is 9.49. The third kappa shape index (κ3) is 4.55. The van der Waals surface area contributed by atoms with Gasteiger partial charge in [-0.3, -0.25) is 0 Å². The smallest absolute Gasteiger partial charge is 0.232 e. The van der Waals surface area contributed by atoms with Crippen LogP contribution in [-0.2, 0) is 4.74 Å². The summed E-state index contributed by atoms with van der Waals surface area (Å²) in [6, 6.07) is 7.95. The van der Waals surface area contributed by atoms with Crippen molar-refractivity contribution < 1.29 is 14.3 Å². The first-order valence-electron chi connectivity index (χ1n) is 10.6. The molecule has 1 saturated carbocycles. The van der Waals surface area contributed by atoms with E-state index in [1.807, 2.05) is 38.1 Å². The van der Waals surface area contributed by atoms with E-state index in [-0.39, 0.29) is 12.6 Å². The highest BCUT2D eigenvalue weighted by Crippen LogP contribution is 2.35. The van der Waals surface area contributed by atoms with Crippen LogP contribution in [0.1, 0.15) is 31.9 Å². The molecule has 0 unspecified atom stereocenters. The molecule has 0 aliphatic heterocycles. The lowest BCUT2D eigenvalue weighted by atomic mass is 10.1. The van der Waals surface area contributed by atoms with Crippen molar-refractivity contribution in [1.82, 2.24) is 15.0 Å². The summed E-state index contributed by atoms with van der Waals surface area (Å²) in [6.07, 6.45) is 2.92. The highest BCUT2D eigenvalue weighted by Gasteiger charge is 2.27. The summed E-state index contributed by atoms with van der Waals surface area (Å²) < 4.78 is 11.4. The highest BCUT2D eigenvalue weighted by atomic mass is 16.5. The van der Waals surface area contributed by atoms with Gasteiger partial charge in [0.25, 0.3) is 0 Å². The average molecular weight is 412 g/mol. The number of hydrogen-bond donors (Lipinski definition) is 3. The molecule has 4 rings (SSSR count). The Morgan fingerprint density at radius 3 is 2.83 bits per heavy atom. The summed E-state index contributed by atoms with van der Waals surface area (Å²) in [5.41, 5.74) is 3.10. The number of aliphatic hydroxyl groups is 1. The normalized spacial score (nSPS) is 18.8. The summed E-state index contributed by atoms with van der Waals surface area (Å²) in [4.78, 5) is 14.0. The molecule has 0 bridgehead atoms. The summed E-state index contributed by atoms with van der Waals surface area (Å²) in [5, 5.41) is 16.3. The molecule has 3 N–H and O–H groups in total. The van der Waals surface area contributed by atoms with Gasteiger partial charge in [-0.1, -0.05) is 12.1 Å². The van der Waals surface area contributed by atoms with Crippen molar-refractivity contribution in [2.24, 2.45) is 5.92 Å². The average Bonchev–Trinajstić information content (AvgIpc) is 3.37. The SMILES string of the molecule is CCOCCNc1nc(C)c(-c2nc3ccccc3o2)c(N[C@H]2CC[C@@H](CO)C2)n1. The molecule has 1 aliphatic rings. The number of nitrogens with one attached hydrogen (secondary N) is 2. The molecule has 1 fully saturated rings. The molecular formula is C22H29N5O3. The first-order valence-corrected chi connectivity index (χ1v) is 10.6. The van der Waals surface area contributed by atoms with E-state index in [1.54, 1.807) is 0 Å². The number of ether oxygens (including phenoxy) is 1. The van der Waals surface area contributed by atoms with E-state index in [4.69, 9.17) is 14.1 Å². The van der Waals surface area contributed by atoms with Crippen LogP contribution in [0.25, 0.3) is 22.6 Å². The van der Waals surface area contributed by atoms with Crippen molar-refractivity contribution in [2.75, 3.05) is 37.0 Å². The van der Waals surface area contributed by atoms with E-state index < -0.39 is 0 Å². The van der Waals surface area contributed by atoms with Gasteiger partial charge < -0.3 is 24.9 Å². The number of benzene rings is 1. The van der Waals surface area contributed by atoms with Crippen LogP contribution in [0.3, 0.4) is 0 Å². The molecule has 8 heteroatoms. The monoisotopic (exact) mass is 411 g/mol. The number of oxazole rings is 1. The van der Waals surface area contributed by atoms with Gasteiger partial charge in [-0.05, 0) is 51.2 Å². The Balaban J connectivity index is 1.66. The second-order valence-electron chi connectivity index (χ2n) is 7.67. The van der Waals surface area contributed by atoms with Crippen LogP contribution < -0.4 is 10.6 Å². The lowest BCUT2D eigenvalue weighted by Crippen LogP contribution is -2.20. The highest BCUT2D eigenvalue weighted by molar-refractivity contribution is 5.80. The number of anilines is 2.